The lowest BCUT2D eigenvalue weighted by molar-refractivity contribution is -0.139. The summed E-state index contributed by atoms with van der Waals surface area (Å²) in [5.74, 6) is -1.29. The van der Waals surface area contributed by atoms with Crippen molar-refractivity contribution in [2.24, 2.45) is 5.73 Å². The molecule has 0 bridgehead atoms. The van der Waals surface area contributed by atoms with Crippen molar-refractivity contribution in [3.05, 3.63) is 35.9 Å². The molecular formula is C13H16N2O4. The van der Waals surface area contributed by atoms with E-state index in [1.807, 2.05) is 30.3 Å². The van der Waals surface area contributed by atoms with Crippen molar-refractivity contribution < 1.29 is 19.5 Å². The van der Waals surface area contributed by atoms with Gasteiger partial charge in [0.15, 0.2) is 0 Å². The number of nitrogens with zero attached hydrogens (tertiary/aromatic N) is 1. The Morgan fingerprint density at radius 3 is 2.32 bits per heavy atom. The molecule has 19 heavy (non-hydrogen) atoms. The third-order valence-electron chi connectivity index (χ3n) is 2.46. The third kappa shape index (κ3) is 4.51. The Balaban J connectivity index is 0.000000399. The molecule has 1 aromatic rings. The smallest absolute Gasteiger partial charge is 0.300 e. The number of carboxylic acid groups (broad SMARTS) is 1. The molecule has 6 heteroatoms. The average Bonchev–Trinajstić information content (AvgIpc) is 2.57. The Labute approximate surface area is 110 Å². The summed E-state index contributed by atoms with van der Waals surface area (Å²) in [5, 5.41) is 7.42. The lowest BCUT2D eigenvalue weighted by atomic mass is 10.2. The lowest BCUT2D eigenvalue weighted by Crippen LogP contribution is -2.34. The van der Waals surface area contributed by atoms with Crippen molar-refractivity contribution in [1.82, 2.24) is 4.90 Å². The molecule has 1 aliphatic heterocycles. The summed E-state index contributed by atoms with van der Waals surface area (Å²) in [7, 11) is 0. The average molecular weight is 264 g/mol. The number of carbonyl (C=O) groups excluding carboxylic acids is 2. The second kappa shape index (κ2) is 6.65. The topological polar surface area (TPSA) is 101 Å². The van der Waals surface area contributed by atoms with Gasteiger partial charge in [-0.25, -0.2) is 0 Å². The number of rotatable bonds is 2. The minimum Gasteiger partial charge on any atom is -0.481 e. The molecule has 1 atom stereocenters. The van der Waals surface area contributed by atoms with Crippen molar-refractivity contribution in [1.29, 1.82) is 0 Å². The predicted octanol–water partition coefficient (Wildman–Crippen LogP) is 0.364. The molecule has 0 spiro atoms. The SMILES string of the molecule is CC(=O)O.N[C@@H]1CC(=O)N(Cc2ccccc2)C1=O. The Kier molecular flexibility index (Phi) is 5.20. The Hall–Kier alpha value is -2.21. The fourth-order valence-corrected chi connectivity index (χ4v) is 1.64. The second-order valence-electron chi connectivity index (χ2n) is 4.13. The minimum atomic E-state index is -0.833. The van der Waals surface area contributed by atoms with E-state index in [1.54, 1.807) is 0 Å². The highest BCUT2D eigenvalue weighted by Crippen LogP contribution is 2.14. The standard InChI is InChI=1S/C11H12N2O2.C2H4O2/c12-9-6-10(14)13(11(9)15)7-8-4-2-1-3-5-8;1-2(3)4/h1-5,9H,6-7,12H2;1H3,(H,3,4)/t9-;/m1./s1. The Bertz CT molecular complexity index is 469. The molecule has 1 aromatic carbocycles. The Morgan fingerprint density at radius 2 is 1.89 bits per heavy atom. The van der Waals surface area contributed by atoms with Crippen molar-refractivity contribution in [3.63, 3.8) is 0 Å². The van der Waals surface area contributed by atoms with Crippen LogP contribution in [0.5, 0.6) is 0 Å². The van der Waals surface area contributed by atoms with Crippen molar-refractivity contribution >= 4 is 17.8 Å². The predicted molar refractivity (Wildman–Crippen MR) is 67.9 cm³/mol. The molecule has 6 nitrogen and oxygen atoms in total. The molecule has 1 heterocycles. The summed E-state index contributed by atoms with van der Waals surface area (Å²) in [6.07, 6.45) is 0.131. The van der Waals surface area contributed by atoms with Gasteiger partial charge in [-0.3, -0.25) is 19.3 Å². The van der Waals surface area contributed by atoms with Gasteiger partial charge in [-0.2, -0.15) is 0 Å². The quantitative estimate of drug-likeness (QED) is 0.751. The number of nitrogens with two attached hydrogens (primary N) is 1. The second-order valence-corrected chi connectivity index (χ2v) is 4.13. The van der Waals surface area contributed by atoms with E-state index < -0.39 is 12.0 Å². The summed E-state index contributed by atoms with van der Waals surface area (Å²) in [5.41, 5.74) is 6.44. The van der Waals surface area contributed by atoms with Gasteiger partial charge in [0.1, 0.15) is 0 Å². The van der Waals surface area contributed by atoms with Gasteiger partial charge < -0.3 is 10.8 Å². The van der Waals surface area contributed by atoms with Gasteiger partial charge in [0.25, 0.3) is 5.97 Å². The largest absolute Gasteiger partial charge is 0.481 e. The van der Waals surface area contributed by atoms with Gasteiger partial charge in [-0.15, -0.1) is 0 Å². The molecule has 1 aliphatic rings. The van der Waals surface area contributed by atoms with E-state index in [0.717, 1.165) is 12.5 Å². The van der Waals surface area contributed by atoms with Crippen LogP contribution in [0.1, 0.15) is 18.9 Å². The zero-order valence-corrected chi connectivity index (χ0v) is 10.6. The molecule has 1 saturated heterocycles. The highest BCUT2D eigenvalue weighted by atomic mass is 16.4. The number of hydrogen-bond acceptors (Lipinski definition) is 4. The first-order chi connectivity index (χ1) is 8.91. The number of hydrogen-bond donors (Lipinski definition) is 2. The maximum Gasteiger partial charge on any atom is 0.300 e. The summed E-state index contributed by atoms with van der Waals surface area (Å²) in [6.45, 7) is 1.41. The van der Waals surface area contributed by atoms with Crippen molar-refractivity contribution in [2.75, 3.05) is 0 Å². The van der Waals surface area contributed by atoms with Crippen LogP contribution in [-0.4, -0.2) is 33.8 Å². The lowest BCUT2D eigenvalue weighted by Gasteiger charge is -2.13. The van der Waals surface area contributed by atoms with Crippen LogP contribution in [0.15, 0.2) is 30.3 Å². The van der Waals surface area contributed by atoms with Crippen molar-refractivity contribution in [3.8, 4) is 0 Å². The number of amides is 2. The van der Waals surface area contributed by atoms with E-state index in [-0.39, 0.29) is 18.2 Å². The highest BCUT2D eigenvalue weighted by Gasteiger charge is 2.35. The van der Waals surface area contributed by atoms with Crippen LogP contribution in [0.3, 0.4) is 0 Å². The first kappa shape index (κ1) is 14.8. The van der Waals surface area contributed by atoms with Gasteiger partial charge >= 0.3 is 0 Å². The number of benzene rings is 1. The molecule has 2 rings (SSSR count). The van der Waals surface area contributed by atoms with Gasteiger partial charge in [0.2, 0.25) is 11.8 Å². The maximum atomic E-state index is 11.5. The molecule has 0 radical (unpaired) electrons. The first-order valence-corrected chi connectivity index (χ1v) is 5.75. The number of imide groups is 1. The number of likely N-dealkylation sites (tertiary alicyclic amines) is 1. The van der Waals surface area contributed by atoms with Crippen LogP contribution in [0, 0.1) is 0 Å². The van der Waals surface area contributed by atoms with Crippen LogP contribution in [0.2, 0.25) is 0 Å². The fourth-order valence-electron chi connectivity index (χ4n) is 1.64. The number of aliphatic carboxylic acids is 1. The van der Waals surface area contributed by atoms with E-state index in [4.69, 9.17) is 15.6 Å². The monoisotopic (exact) mass is 264 g/mol. The zero-order chi connectivity index (χ0) is 14.4. The minimum absolute atomic E-state index is 0.131. The van der Waals surface area contributed by atoms with Crippen LogP contribution in [0.4, 0.5) is 0 Å². The number of carboxylic acids is 1. The van der Waals surface area contributed by atoms with Crippen LogP contribution in [0.25, 0.3) is 0 Å². The molecule has 3 N–H and O–H groups in total. The normalized spacial score (nSPS) is 18.0. The van der Waals surface area contributed by atoms with Gasteiger partial charge in [0.05, 0.1) is 19.0 Å². The van der Waals surface area contributed by atoms with E-state index in [9.17, 15) is 9.59 Å². The molecule has 0 saturated carbocycles. The number of carbonyl (C=O) groups is 3. The van der Waals surface area contributed by atoms with Crippen LogP contribution >= 0.6 is 0 Å². The van der Waals surface area contributed by atoms with Gasteiger partial charge in [-0.1, -0.05) is 30.3 Å². The van der Waals surface area contributed by atoms with E-state index in [1.165, 1.54) is 4.90 Å². The maximum absolute atomic E-state index is 11.5. The van der Waals surface area contributed by atoms with E-state index in [2.05, 4.69) is 0 Å². The van der Waals surface area contributed by atoms with Gasteiger partial charge in [-0.05, 0) is 5.56 Å². The molecule has 102 valence electrons. The van der Waals surface area contributed by atoms with E-state index >= 15 is 0 Å². The molecule has 1 fully saturated rings. The van der Waals surface area contributed by atoms with Crippen LogP contribution in [-0.2, 0) is 20.9 Å². The summed E-state index contributed by atoms with van der Waals surface area (Å²) in [6, 6.07) is 8.75. The van der Waals surface area contributed by atoms with E-state index in [0.29, 0.717) is 6.54 Å². The molecule has 0 aliphatic carbocycles. The molecule has 2 amide bonds. The fraction of sp³-hybridized carbons (Fsp3) is 0.308. The third-order valence-corrected chi connectivity index (χ3v) is 2.46. The molecule has 0 unspecified atom stereocenters. The van der Waals surface area contributed by atoms with Crippen molar-refractivity contribution in [2.45, 2.75) is 25.9 Å². The summed E-state index contributed by atoms with van der Waals surface area (Å²) < 4.78 is 0. The Morgan fingerprint density at radius 1 is 1.37 bits per heavy atom. The van der Waals surface area contributed by atoms with Gasteiger partial charge in [0, 0.05) is 6.92 Å². The molecule has 0 aromatic heterocycles. The van der Waals surface area contributed by atoms with Crippen LogP contribution < -0.4 is 5.73 Å². The zero-order valence-electron chi connectivity index (χ0n) is 10.6. The highest BCUT2D eigenvalue weighted by molar-refractivity contribution is 6.05. The first-order valence-electron chi connectivity index (χ1n) is 5.75. The summed E-state index contributed by atoms with van der Waals surface area (Å²) in [4.78, 5) is 33.1. The summed E-state index contributed by atoms with van der Waals surface area (Å²) >= 11 is 0. The molecular weight excluding hydrogens is 248 g/mol.